The second-order valence-corrected chi connectivity index (χ2v) is 16.1. The Balaban J connectivity index is 0.764. The van der Waals surface area contributed by atoms with E-state index in [1.54, 1.807) is 29.5 Å². The van der Waals surface area contributed by atoms with Crippen LogP contribution in [0.25, 0.3) is 20.5 Å². The monoisotopic (exact) mass is 837 g/mol. The molecule has 2 saturated heterocycles. The Morgan fingerprint density at radius 1 is 0.911 bits per heavy atom. The normalized spacial score (nSPS) is 17.6. The fourth-order valence-electron chi connectivity index (χ4n) is 7.34. The summed E-state index contributed by atoms with van der Waals surface area (Å²) in [5.74, 6) is 1.38. The SMILES string of the molecule is O=C(CN1CCN(CCOc2ccc(Oc3c(-c4ccc(Br)cc4)sc4cc(O)ccc34)cc2)CC1)NCc1ccc2c(c1)CN(C1CCC(=O)NC1=O)C2=O. The minimum Gasteiger partial charge on any atom is -0.508 e. The zero-order valence-electron chi connectivity index (χ0n) is 30.5. The van der Waals surface area contributed by atoms with Gasteiger partial charge in [-0.1, -0.05) is 40.2 Å². The molecule has 4 aromatic carbocycles. The second-order valence-electron chi connectivity index (χ2n) is 14.2. The summed E-state index contributed by atoms with van der Waals surface area (Å²) in [5.41, 5.74) is 3.28. The second kappa shape index (κ2) is 16.4. The van der Waals surface area contributed by atoms with Crippen molar-refractivity contribution >= 4 is 61.0 Å². The van der Waals surface area contributed by atoms with E-state index in [1.165, 1.54) is 4.90 Å². The smallest absolute Gasteiger partial charge is 0.255 e. The van der Waals surface area contributed by atoms with Crippen LogP contribution in [0.4, 0.5) is 0 Å². The topological polar surface area (TPSA) is 141 Å². The Morgan fingerprint density at radius 3 is 2.43 bits per heavy atom. The van der Waals surface area contributed by atoms with E-state index < -0.39 is 11.9 Å². The van der Waals surface area contributed by atoms with Crippen molar-refractivity contribution in [3.63, 3.8) is 0 Å². The number of benzene rings is 4. The number of carbonyl (C=O) groups excluding carboxylic acids is 4. The van der Waals surface area contributed by atoms with Gasteiger partial charge in [0.15, 0.2) is 5.75 Å². The van der Waals surface area contributed by atoms with Crippen LogP contribution in [0.2, 0.25) is 0 Å². The third-order valence-electron chi connectivity index (χ3n) is 10.4. The molecule has 0 spiro atoms. The Labute approximate surface area is 336 Å². The van der Waals surface area contributed by atoms with Crippen LogP contribution < -0.4 is 20.1 Å². The summed E-state index contributed by atoms with van der Waals surface area (Å²) in [6, 6.07) is 25.9. The Kier molecular flexibility index (Phi) is 11.1. The highest BCUT2D eigenvalue weighted by Gasteiger charge is 2.39. The highest BCUT2D eigenvalue weighted by molar-refractivity contribution is 9.10. The van der Waals surface area contributed by atoms with E-state index in [2.05, 4.69) is 36.4 Å². The maximum absolute atomic E-state index is 13.0. The van der Waals surface area contributed by atoms with E-state index >= 15 is 0 Å². The summed E-state index contributed by atoms with van der Waals surface area (Å²) in [6.07, 6.45) is 0.532. The summed E-state index contributed by atoms with van der Waals surface area (Å²) in [4.78, 5) is 56.7. The standard InChI is InChI=1S/C42H40BrN5O7S/c43-29-4-2-27(3-5-29)40-39(34-12-6-30(49)22-36(34)56-40)55-32-9-7-31(8-10-32)54-20-19-46-15-17-47(18-16-46)25-38(51)44-23-26-1-11-33-28(21-26)24-48(42(33)53)35-13-14-37(50)45-41(35)52/h1-12,21-22,35,49H,13-20,23-25H2,(H,44,51)(H,45,50,52). The lowest BCUT2D eigenvalue weighted by Gasteiger charge is -2.34. The lowest BCUT2D eigenvalue weighted by Crippen LogP contribution is -2.52. The number of carbonyl (C=O) groups is 4. The molecule has 4 heterocycles. The zero-order valence-corrected chi connectivity index (χ0v) is 32.9. The highest BCUT2D eigenvalue weighted by Crippen LogP contribution is 2.47. The molecule has 1 unspecified atom stereocenters. The van der Waals surface area contributed by atoms with Crippen LogP contribution in [0, 0.1) is 0 Å². The van der Waals surface area contributed by atoms with Gasteiger partial charge in [-0.2, -0.15) is 0 Å². The van der Waals surface area contributed by atoms with Crippen LogP contribution in [0.1, 0.15) is 34.3 Å². The van der Waals surface area contributed by atoms with Gasteiger partial charge in [-0.3, -0.25) is 34.3 Å². The molecule has 14 heteroatoms. The van der Waals surface area contributed by atoms with Crippen LogP contribution in [-0.4, -0.2) is 95.4 Å². The number of nitrogens with one attached hydrogen (secondary N) is 2. The summed E-state index contributed by atoms with van der Waals surface area (Å²) >= 11 is 5.09. The number of piperazine rings is 1. The quantitative estimate of drug-likeness (QED) is 0.131. The molecule has 5 aromatic rings. The number of hydrogen-bond donors (Lipinski definition) is 3. The number of piperidine rings is 1. The number of halogens is 1. The summed E-state index contributed by atoms with van der Waals surface area (Å²) in [7, 11) is 0. The van der Waals surface area contributed by atoms with Crippen molar-refractivity contribution in [3.05, 3.63) is 106 Å². The minimum absolute atomic E-state index is 0.0630. The molecule has 3 N–H and O–H groups in total. The van der Waals surface area contributed by atoms with Crippen molar-refractivity contribution in [1.82, 2.24) is 25.3 Å². The zero-order chi connectivity index (χ0) is 38.8. The van der Waals surface area contributed by atoms with E-state index in [1.807, 2.05) is 66.7 Å². The van der Waals surface area contributed by atoms with Gasteiger partial charge in [-0.05, 0) is 83.8 Å². The fourth-order valence-corrected chi connectivity index (χ4v) is 8.77. The van der Waals surface area contributed by atoms with Gasteiger partial charge in [0.2, 0.25) is 17.7 Å². The lowest BCUT2D eigenvalue weighted by molar-refractivity contribution is -0.137. The van der Waals surface area contributed by atoms with E-state index in [0.717, 1.165) is 80.3 Å². The molecule has 56 heavy (non-hydrogen) atoms. The number of phenolic OH excluding ortho intramolecular Hbond substituents is 1. The number of thiophene rings is 1. The maximum atomic E-state index is 13.0. The molecule has 2 fully saturated rings. The van der Waals surface area contributed by atoms with Gasteiger partial charge in [-0.25, -0.2) is 0 Å². The number of fused-ring (bicyclic) bond motifs is 2. The van der Waals surface area contributed by atoms with Gasteiger partial charge < -0.3 is 24.8 Å². The molecule has 4 amide bonds. The molecule has 0 radical (unpaired) electrons. The fraction of sp³-hybridized carbons (Fsp3) is 0.286. The average Bonchev–Trinajstić information content (AvgIpc) is 3.71. The lowest BCUT2D eigenvalue weighted by atomic mass is 10.0. The van der Waals surface area contributed by atoms with Gasteiger partial charge in [0.25, 0.3) is 5.91 Å². The number of hydrogen-bond acceptors (Lipinski definition) is 10. The predicted molar refractivity (Wildman–Crippen MR) is 216 cm³/mol. The Hall–Kier alpha value is -5.28. The van der Waals surface area contributed by atoms with Crippen molar-refractivity contribution in [2.75, 3.05) is 45.9 Å². The average molecular weight is 839 g/mol. The third-order valence-corrected chi connectivity index (χ3v) is 12.1. The van der Waals surface area contributed by atoms with E-state index in [-0.39, 0.29) is 29.9 Å². The summed E-state index contributed by atoms with van der Waals surface area (Å²) in [6.45, 7) is 5.46. The van der Waals surface area contributed by atoms with E-state index in [0.29, 0.717) is 44.0 Å². The largest absolute Gasteiger partial charge is 0.508 e. The summed E-state index contributed by atoms with van der Waals surface area (Å²) < 4.78 is 14.5. The molecule has 0 saturated carbocycles. The predicted octanol–water partition coefficient (Wildman–Crippen LogP) is 5.90. The van der Waals surface area contributed by atoms with Crippen LogP contribution in [0.3, 0.4) is 0 Å². The molecule has 0 aliphatic carbocycles. The van der Waals surface area contributed by atoms with Gasteiger partial charge in [-0.15, -0.1) is 11.3 Å². The molecule has 12 nitrogen and oxygen atoms in total. The van der Waals surface area contributed by atoms with E-state index in [9.17, 15) is 24.3 Å². The van der Waals surface area contributed by atoms with Crippen LogP contribution in [0.5, 0.6) is 23.0 Å². The Morgan fingerprint density at radius 2 is 1.66 bits per heavy atom. The van der Waals surface area contributed by atoms with Gasteiger partial charge in [0.1, 0.15) is 29.9 Å². The number of rotatable bonds is 12. The number of nitrogens with zero attached hydrogens (tertiary/aromatic N) is 3. The molecule has 1 aromatic heterocycles. The first kappa shape index (κ1) is 37.6. The first-order valence-electron chi connectivity index (χ1n) is 18.6. The molecule has 8 rings (SSSR count). The molecule has 0 bridgehead atoms. The summed E-state index contributed by atoms with van der Waals surface area (Å²) in [5, 5.41) is 16.3. The molecule has 288 valence electrons. The number of ether oxygens (including phenoxy) is 2. The third kappa shape index (κ3) is 8.43. The maximum Gasteiger partial charge on any atom is 0.255 e. The highest BCUT2D eigenvalue weighted by atomic mass is 79.9. The van der Waals surface area contributed by atoms with Crippen molar-refractivity contribution in [2.45, 2.75) is 32.0 Å². The van der Waals surface area contributed by atoms with Crippen LogP contribution in [-0.2, 0) is 27.5 Å². The van der Waals surface area contributed by atoms with Crippen molar-refractivity contribution in [1.29, 1.82) is 0 Å². The molecular formula is C42H40BrN5O7S. The molecular weight excluding hydrogens is 798 g/mol. The number of phenols is 1. The van der Waals surface area contributed by atoms with Crippen LogP contribution in [0.15, 0.2) is 89.4 Å². The molecule has 3 aliphatic rings. The van der Waals surface area contributed by atoms with Crippen molar-refractivity contribution < 1.29 is 33.8 Å². The van der Waals surface area contributed by atoms with Crippen LogP contribution >= 0.6 is 27.3 Å². The Bertz CT molecular complexity index is 2290. The van der Waals surface area contributed by atoms with Crippen molar-refractivity contribution in [2.24, 2.45) is 0 Å². The van der Waals surface area contributed by atoms with Gasteiger partial charge in [0.05, 0.1) is 11.4 Å². The first-order valence-corrected chi connectivity index (χ1v) is 20.2. The van der Waals surface area contributed by atoms with Gasteiger partial charge >= 0.3 is 0 Å². The van der Waals surface area contributed by atoms with E-state index in [4.69, 9.17) is 9.47 Å². The number of aromatic hydroxyl groups is 1. The molecule has 3 aliphatic heterocycles. The molecule has 1 atom stereocenters. The van der Waals surface area contributed by atoms with Crippen molar-refractivity contribution in [3.8, 4) is 33.4 Å². The van der Waals surface area contributed by atoms with Gasteiger partial charge in [0, 0.05) is 72.4 Å². The first-order chi connectivity index (χ1) is 27.2. The number of amides is 4. The minimum atomic E-state index is -0.655. The number of imide groups is 1.